The molecule has 2 aliphatic rings. The van der Waals surface area contributed by atoms with E-state index in [0.717, 1.165) is 48.9 Å². The molecule has 2 N–H and O–H groups in total. The number of halogens is 1. The molecule has 0 aliphatic carbocycles. The van der Waals surface area contributed by atoms with Gasteiger partial charge in [0.2, 0.25) is 0 Å². The van der Waals surface area contributed by atoms with Crippen molar-refractivity contribution in [1.29, 1.82) is 0 Å². The van der Waals surface area contributed by atoms with E-state index in [4.69, 9.17) is 28.2 Å². The fourth-order valence-electron chi connectivity index (χ4n) is 5.61. The maximum atomic E-state index is 11.9. The quantitative estimate of drug-likeness (QED) is 0.237. The number of piperidine rings is 1. The Balaban J connectivity index is 1.40. The second kappa shape index (κ2) is 10.9. The lowest BCUT2D eigenvalue weighted by Gasteiger charge is -2.33. The third-order valence-electron chi connectivity index (χ3n) is 7.77. The number of aromatic carboxylic acids is 1. The summed E-state index contributed by atoms with van der Waals surface area (Å²) in [7, 11) is 0. The fourth-order valence-corrected chi connectivity index (χ4v) is 6.25. The van der Waals surface area contributed by atoms with E-state index in [1.807, 2.05) is 41.3 Å². The molecule has 2 atom stereocenters. The van der Waals surface area contributed by atoms with Gasteiger partial charge in [-0.1, -0.05) is 42.8 Å². The van der Waals surface area contributed by atoms with Gasteiger partial charge in [-0.3, -0.25) is 4.98 Å². The van der Waals surface area contributed by atoms with E-state index in [1.165, 1.54) is 0 Å². The zero-order chi connectivity index (χ0) is 27.8. The zero-order valence-corrected chi connectivity index (χ0v) is 23.5. The number of anilines is 2. The number of pyridine rings is 1. The summed E-state index contributed by atoms with van der Waals surface area (Å²) >= 11 is 12.7. The average molecular weight is 573 g/mol. The summed E-state index contributed by atoms with van der Waals surface area (Å²) in [5, 5.41) is 14.4. The molecule has 9 heteroatoms. The van der Waals surface area contributed by atoms with E-state index in [0.29, 0.717) is 27.2 Å². The number of hydrogen-bond acceptors (Lipinski definition) is 5. The van der Waals surface area contributed by atoms with Gasteiger partial charge < -0.3 is 24.6 Å². The Morgan fingerprint density at radius 1 is 1.07 bits per heavy atom. The molecule has 0 unspecified atom stereocenters. The molecule has 4 aromatic rings. The van der Waals surface area contributed by atoms with Crippen molar-refractivity contribution in [3.05, 3.63) is 101 Å². The van der Waals surface area contributed by atoms with Crippen LogP contribution in [0.4, 0.5) is 11.4 Å². The highest BCUT2D eigenvalue weighted by atomic mass is 35.5. The van der Waals surface area contributed by atoms with Crippen LogP contribution in [0.5, 0.6) is 0 Å². The van der Waals surface area contributed by atoms with Gasteiger partial charge in [-0.2, -0.15) is 0 Å². The van der Waals surface area contributed by atoms with Crippen LogP contribution >= 0.6 is 23.8 Å². The molecule has 0 spiro atoms. The van der Waals surface area contributed by atoms with Crippen molar-refractivity contribution in [2.24, 2.45) is 5.92 Å². The Kier molecular flexibility index (Phi) is 7.21. The van der Waals surface area contributed by atoms with Crippen molar-refractivity contribution in [3.63, 3.8) is 0 Å². The Labute approximate surface area is 243 Å². The number of benzene rings is 2. The molecule has 0 amide bonds. The number of carboxylic acids is 1. The lowest BCUT2D eigenvalue weighted by Crippen LogP contribution is -2.33. The first-order chi connectivity index (χ1) is 19.4. The van der Waals surface area contributed by atoms with Gasteiger partial charge in [-0.25, -0.2) is 4.79 Å². The summed E-state index contributed by atoms with van der Waals surface area (Å²) in [6, 6.07) is 21.7. The highest BCUT2D eigenvalue weighted by molar-refractivity contribution is 7.80. The van der Waals surface area contributed by atoms with E-state index in [1.54, 1.807) is 36.5 Å². The fraction of sp³-hybridized carbons (Fsp3) is 0.258. The second-order valence-corrected chi connectivity index (χ2v) is 11.1. The average Bonchev–Trinajstić information content (AvgIpc) is 3.58. The topological polar surface area (TPSA) is 81.8 Å². The van der Waals surface area contributed by atoms with Crippen molar-refractivity contribution in [1.82, 2.24) is 10.3 Å². The third-order valence-corrected chi connectivity index (χ3v) is 8.39. The molecule has 0 saturated carbocycles. The highest BCUT2D eigenvalue weighted by Crippen LogP contribution is 2.44. The number of hydrogen-bond donors (Lipinski definition) is 2. The summed E-state index contributed by atoms with van der Waals surface area (Å²) < 4.78 is 6.38. The van der Waals surface area contributed by atoms with E-state index in [2.05, 4.69) is 28.2 Å². The van der Waals surface area contributed by atoms with Gasteiger partial charge in [0, 0.05) is 30.5 Å². The van der Waals surface area contributed by atoms with E-state index in [9.17, 15) is 9.90 Å². The summed E-state index contributed by atoms with van der Waals surface area (Å²) in [4.78, 5) is 20.8. The van der Waals surface area contributed by atoms with Gasteiger partial charge in [0.05, 0.1) is 28.0 Å². The maximum Gasteiger partial charge on any atom is 0.336 e. The summed E-state index contributed by atoms with van der Waals surface area (Å²) in [6.45, 7) is 4.27. The Morgan fingerprint density at radius 2 is 1.85 bits per heavy atom. The normalized spacial score (nSPS) is 19.6. The van der Waals surface area contributed by atoms with Gasteiger partial charge in [0.15, 0.2) is 5.11 Å². The van der Waals surface area contributed by atoms with Crippen LogP contribution in [-0.2, 0) is 0 Å². The molecule has 4 heterocycles. The van der Waals surface area contributed by atoms with Crippen LogP contribution in [0.25, 0.3) is 11.3 Å². The van der Waals surface area contributed by atoms with Crippen molar-refractivity contribution in [2.75, 3.05) is 22.9 Å². The Bertz CT molecular complexity index is 1550. The zero-order valence-electron chi connectivity index (χ0n) is 22.0. The predicted octanol–water partition coefficient (Wildman–Crippen LogP) is 7.11. The van der Waals surface area contributed by atoms with Crippen molar-refractivity contribution >= 4 is 46.3 Å². The summed E-state index contributed by atoms with van der Waals surface area (Å²) in [6.07, 6.45) is 4.05. The Hall–Kier alpha value is -3.88. The molecule has 204 valence electrons. The minimum absolute atomic E-state index is 0.177. The lowest BCUT2D eigenvalue weighted by molar-refractivity contribution is 0.0697. The molecule has 2 fully saturated rings. The monoisotopic (exact) mass is 572 g/mol. The van der Waals surface area contributed by atoms with Crippen LogP contribution in [0.1, 0.15) is 53.7 Å². The number of carboxylic acid groups (broad SMARTS) is 1. The SMILES string of the molecule is CC1CCN(c2ccc(N3C(=S)N[C@@H](c4ccccn4)[C@@H]3c3ccc(-c4ccccc4C(=O)O)o3)cc2Cl)CC1. The highest BCUT2D eigenvalue weighted by Gasteiger charge is 2.43. The van der Waals surface area contributed by atoms with Crippen LogP contribution in [-0.4, -0.2) is 34.3 Å². The summed E-state index contributed by atoms with van der Waals surface area (Å²) in [5.41, 5.74) is 3.36. The van der Waals surface area contributed by atoms with Crippen molar-refractivity contribution in [3.8, 4) is 11.3 Å². The van der Waals surface area contributed by atoms with Gasteiger partial charge in [0.25, 0.3) is 0 Å². The molecule has 0 bridgehead atoms. The molecule has 40 heavy (non-hydrogen) atoms. The molecule has 2 aliphatic heterocycles. The van der Waals surface area contributed by atoms with Gasteiger partial charge in [-0.15, -0.1) is 0 Å². The van der Waals surface area contributed by atoms with E-state index < -0.39 is 5.97 Å². The molecule has 2 aromatic heterocycles. The number of nitrogens with zero attached hydrogens (tertiary/aromatic N) is 3. The van der Waals surface area contributed by atoms with E-state index >= 15 is 0 Å². The number of carbonyl (C=O) groups is 1. The largest absolute Gasteiger partial charge is 0.478 e. The van der Waals surface area contributed by atoms with Gasteiger partial charge in [0.1, 0.15) is 17.6 Å². The summed E-state index contributed by atoms with van der Waals surface area (Å²) in [5.74, 6) is 0.817. The predicted molar refractivity (Wildman–Crippen MR) is 161 cm³/mol. The molecular weight excluding hydrogens is 544 g/mol. The maximum absolute atomic E-state index is 11.9. The van der Waals surface area contributed by atoms with Crippen LogP contribution in [0, 0.1) is 5.92 Å². The molecular formula is C31H29ClN4O3S. The first-order valence-corrected chi connectivity index (χ1v) is 14.2. The first kappa shape index (κ1) is 26.3. The second-order valence-electron chi connectivity index (χ2n) is 10.4. The molecule has 2 aromatic carbocycles. The van der Waals surface area contributed by atoms with Gasteiger partial charge in [-0.05, 0) is 79.5 Å². The minimum Gasteiger partial charge on any atom is -0.478 e. The van der Waals surface area contributed by atoms with Crippen LogP contribution in [0.2, 0.25) is 5.02 Å². The lowest BCUT2D eigenvalue weighted by atomic mass is 9.98. The van der Waals surface area contributed by atoms with E-state index in [-0.39, 0.29) is 17.6 Å². The molecule has 6 rings (SSSR count). The number of aromatic nitrogens is 1. The number of rotatable bonds is 6. The smallest absolute Gasteiger partial charge is 0.336 e. The van der Waals surface area contributed by atoms with Crippen LogP contribution < -0.4 is 15.1 Å². The number of furan rings is 1. The third kappa shape index (κ3) is 4.93. The standard InChI is InChI=1S/C31H29ClN4O3S/c1-19-13-16-35(17-14-19)25-10-9-20(18-23(25)32)36-29(28(34-31(36)40)24-8-4-5-15-33-24)27-12-11-26(39-27)21-6-2-3-7-22(21)30(37)38/h2-12,15,18-19,28-29H,13-14,16-17H2,1H3,(H,34,40)(H,37,38)/t28-,29-/m0/s1. The Morgan fingerprint density at radius 3 is 2.58 bits per heavy atom. The van der Waals surface area contributed by atoms with Crippen molar-refractivity contribution in [2.45, 2.75) is 31.8 Å². The first-order valence-electron chi connectivity index (χ1n) is 13.4. The molecule has 7 nitrogen and oxygen atoms in total. The van der Waals surface area contributed by atoms with Crippen LogP contribution in [0.3, 0.4) is 0 Å². The minimum atomic E-state index is -1.01. The molecule has 0 radical (unpaired) electrons. The number of thiocarbonyl (C=S) groups is 1. The van der Waals surface area contributed by atoms with Crippen LogP contribution in [0.15, 0.2) is 83.4 Å². The molecule has 2 saturated heterocycles. The van der Waals surface area contributed by atoms with Crippen molar-refractivity contribution < 1.29 is 14.3 Å². The number of nitrogens with one attached hydrogen (secondary N) is 1. The van der Waals surface area contributed by atoms with Gasteiger partial charge >= 0.3 is 5.97 Å².